The monoisotopic (exact) mass is 367 g/mol. The van der Waals surface area contributed by atoms with Gasteiger partial charge in [-0.15, -0.1) is 0 Å². The van der Waals surface area contributed by atoms with E-state index in [9.17, 15) is 18.8 Å². The van der Waals surface area contributed by atoms with E-state index in [1.54, 1.807) is 6.92 Å². The van der Waals surface area contributed by atoms with Crippen LogP contribution in [0.2, 0.25) is 0 Å². The van der Waals surface area contributed by atoms with E-state index < -0.39 is 23.8 Å². The summed E-state index contributed by atoms with van der Waals surface area (Å²) in [4.78, 5) is 36.8. The molecule has 2 rings (SSSR count). The zero-order valence-electron chi connectivity index (χ0n) is 14.4. The summed E-state index contributed by atoms with van der Waals surface area (Å²) in [7, 11) is 0. The first kappa shape index (κ1) is 19.6. The molecule has 0 spiro atoms. The number of rotatable bonds is 6. The number of carbonyl (C=O) groups excluding carboxylic acids is 3. The number of hydrogen-bond donors (Lipinski definition) is 4. The van der Waals surface area contributed by atoms with Crippen molar-refractivity contribution in [1.82, 2.24) is 10.6 Å². The lowest BCUT2D eigenvalue weighted by Crippen LogP contribution is -2.51. The quantitative estimate of drug-likeness (QED) is 0.553. The van der Waals surface area contributed by atoms with Crippen molar-refractivity contribution in [2.24, 2.45) is 5.73 Å². The average molecular weight is 367 g/mol. The molecular formula is C16H22FN5O4. The summed E-state index contributed by atoms with van der Waals surface area (Å²) in [6, 6.07) is 2.49. The Morgan fingerprint density at radius 2 is 2.19 bits per heavy atom. The molecule has 1 aliphatic rings. The molecule has 1 saturated heterocycles. The van der Waals surface area contributed by atoms with Crippen LogP contribution in [0.4, 0.5) is 20.6 Å². The summed E-state index contributed by atoms with van der Waals surface area (Å²) in [5.41, 5.74) is 5.81. The number of nitrogens with one attached hydrogen (secondary N) is 3. The maximum Gasteiger partial charge on any atom is 0.315 e. The van der Waals surface area contributed by atoms with Crippen molar-refractivity contribution in [3.63, 3.8) is 0 Å². The maximum atomic E-state index is 14.4. The minimum Gasteiger partial charge on any atom is -0.370 e. The van der Waals surface area contributed by atoms with Crippen LogP contribution in [0.15, 0.2) is 18.2 Å². The summed E-state index contributed by atoms with van der Waals surface area (Å²) in [5, 5.41) is 7.41. The SMILES string of the molecule is CCNC(=O)N[C@H](CN)C(=O)Nc1ccc(N2CCOCC2=O)c(F)c1. The second kappa shape index (κ2) is 9.11. The van der Waals surface area contributed by atoms with Crippen molar-refractivity contribution in [1.29, 1.82) is 0 Å². The van der Waals surface area contributed by atoms with Crippen LogP contribution < -0.4 is 26.6 Å². The number of nitrogens with two attached hydrogens (primary N) is 1. The number of halogens is 1. The lowest BCUT2D eigenvalue weighted by atomic mass is 10.2. The van der Waals surface area contributed by atoms with Crippen LogP contribution >= 0.6 is 0 Å². The molecule has 5 N–H and O–H groups in total. The molecule has 4 amide bonds. The van der Waals surface area contributed by atoms with Crippen LogP contribution in [0.25, 0.3) is 0 Å². The first-order valence-corrected chi connectivity index (χ1v) is 8.19. The second-order valence-corrected chi connectivity index (χ2v) is 5.55. The van der Waals surface area contributed by atoms with Crippen LogP contribution in [0.5, 0.6) is 0 Å². The van der Waals surface area contributed by atoms with Gasteiger partial charge in [-0.3, -0.25) is 9.59 Å². The fraction of sp³-hybridized carbons (Fsp3) is 0.438. The van der Waals surface area contributed by atoms with Crippen molar-refractivity contribution in [2.75, 3.05) is 43.1 Å². The Morgan fingerprint density at radius 1 is 1.42 bits per heavy atom. The van der Waals surface area contributed by atoms with Crippen LogP contribution in [0, 0.1) is 5.82 Å². The van der Waals surface area contributed by atoms with Gasteiger partial charge >= 0.3 is 6.03 Å². The van der Waals surface area contributed by atoms with E-state index in [1.807, 2.05) is 0 Å². The van der Waals surface area contributed by atoms with Gasteiger partial charge in [0.2, 0.25) is 5.91 Å². The lowest BCUT2D eigenvalue weighted by Gasteiger charge is -2.27. The normalized spacial score (nSPS) is 15.3. The van der Waals surface area contributed by atoms with Crippen LogP contribution in [0.1, 0.15) is 6.92 Å². The predicted octanol–water partition coefficient (Wildman–Crippen LogP) is -0.226. The van der Waals surface area contributed by atoms with Crippen LogP contribution in [-0.2, 0) is 14.3 Å². The van der Waals surface area contributed by atoms with Gasteiger partial charge in [0.15, 0.2) is 0 Å². The van der Waals surface area contributed by atoms with Gasteiger partial charge in [0, 0.05) is 25.3 Å². The number of morpholine rings is 1. The van der Waals surface area contributed by atoms with Crippen LogP contribution in [0.3, 0.4) is 0 Å². The highest BCUT2D eigenvalue weighted by Crippen LogP contribution is 2.24. The molecule has 1 aromatic carbocycles. The highest BCUT2D eigenvalue weighted by atomic mass is 19.1. The zero-order valence-corrected chi connectivity index (χ0v) is 14.4. The maximum absolute atomic E-state index is 14.4. The summed E-state index contributed by atoms with van der Waals surface area (Å²) in [5.74, 6) is -1.56. The fourth-order valence-electron chi connectivity index (χ4n) is 2.41. The molecule has 10 heteroatoms. The number of amides is 4. The van der Waals surface area contributed by atoms with E-state index in [-0.39, 0.29) is 37.0 Å². The summed E-state index contributed by atoms with van der Waals surface area (Å²) in [6.45, 7) is 2.51. The van der Waals surface area contributed by atoms with Gasteiger partial charge in [-0.2, -0.15) is 0 Å². The Morgan fingerprint density at radius 3 is 2.81 bits per heavy atom. The Balaban J connectivity index is 2.05. The van der Waals surface area contributed by atoms with Gasteiger partial charge < -0.3 is 31.3 Å². The zero-order chi connectivity index (χ0) is 19.1. The Hall–Kier alpha value is -2.72. The molecule has 1 heterocycles. The third-order valence-corrected chi connectivity index (χ3v) is 3.69. The third kappa shape index (κ3) is 4.90. The minimum absolute atomic E-state index is 0.0956. The molecule has 26 heavy (non-hydrogen) atoms. The molecule has 0 radical (unpaired) electrons. The average Bonchev–Trinajstić information content (AvgIpc) is 2.61. The molecule has 0 aromatic heterocycles. The Labute approximate surface area is 150 Å². The summed E-state index contributed by atoms with van der Waals surface area (Å²) in [6.07, 6.45) is 0. The first-order valence-electron chi connectivity index (χ1n) is 8.19. The van der Waals surface area contributed by atoms with Crippen molar-refractivity contribution < 1.29 is 23.5 Å². The second-order valence-electron chi connectivity index (χ2n) is 5.55. The molecule has 1 aromatic rings. The largest absolute Gasteiger partial charge is 0.370 e. The van der Waals surface area contributed by atoms with Crippen molar-refractivity contribution in [2.45, 2.75) is 13.0 Å². The number of anilines is 2. The molecule has 9 nitrogen and oxygen atoms in total. The number of urea groups is 1. The van der Waals surface area contributed by atoms with Crippen molar-refractivity contribution in [3.05, 3.63) is 24.0 Å². The highest BCUT2D eigenvalue weighted by Gasteiger charge is 2.24. The molecule has 1 atom stereocenters. The molecule has 0 unspecified atom stereocenters. The van der Waals surface area contributed by atoms with E-state index in [0.29, 0.717) is 13.2 Å². The summed E-state index contributed by atoms with van der Waals surface area (Å²) >= 11 is 0. The standard InChI is InChI=1S/C16H22FN5O4/c1-2-19-16(25)21-12(8-18)15(24)20-10-3-4-13(11(17)7-10)22-5-6-26-9-14(22)23/h3-4,7,12H,2,5-6,8-9,18H2,1H3,(H,20,24)(H2,19,21,25)/t12-/m1/s1. The molecule has 0 aliphatic carbocycles. The number of hydrogen-bond acceptors (Lipinski definition) is 5. The van der Waals surface area contributed by atoms with E-state index in [0.717, 1.165) is 6.07 Å². The summed E-state index contributed by atoms with van der Waals surface area (Å²) < 4.78 is 19.4. The molecule has 142 valence electrons. The Bertz CT molecular complexity index is 685. The first-order chi connectivity index (χ1) is 12.5. The van der Waals surface area contributed by atoms with E-state index in [4.69, 9.17) is 10.5 Å². The molecule has 1 aliphatic heterocycles. The van der Waals surface area contributed by atoms with Gasteiger partial charge in [-0.1, -0.05) is 0 Å². The topological polar surface area (TPSA) is 126 Å². The van der Waals surface area contributed by atoms with Gasteiger partial charge in [-0.25, -0.2) is 9.18 Å². The fourth-order valence-corrected chi connectivity index (χ4v) is 2.41. The van der Waals surface area contributed by atoms with Gasteiger partial charge in [-0.05, 0) is 25.1 Å². The van der Waals surface area contributed by atoms with Crippen molar-refractivity contribution >= 4 is 29.2 Å². The Kier molecular flexibility index (Phi) is 6.87. The smallest absolute Gasteiger partial charge is 0.315 e. The van der Waals surface area contributed by atoms with E-state index in [2.05, 4.69) is 16.0 Å². The van der Waals surface area contributed by atoms with E-state index >= 15 is 0 Å². The highest BCUT2D eigenvalue weighted by molar-refractivity contribution is 5.98. The predicted molar refractivity (Wildman–Crippen MR) is 93.3 cm³/mol. The van der Waals surface area contributed by atoms with Crippen molar-refractivity contribution in [3.8, 4) is 0 Å². The number of carbonyl (C=O) groups is 3. The lowest BCUT2D eigenvalue weighted by molar-refractivity contribution is -0.125. The molecule has 0 bridgehead atoms. The van der Waals surface area contributed by atoms with Crippen LogP contribution in [-0.4, -0.2) is 56.7 Å². The van der Waals surface area contributed by atoms with Gasteiger partial charge in [0.25, 0.3) is 5.91 Å². The van der Waals surface area contributed by atoms with Gasteiger partial charge in [0.1, 0.15) is 18.5 Å². The molecular weight excluding hydrogens is 345 g/mol. The molecule has 1 fully saturated rings. The van der Waals surface area contributed by atoms with Gasteiger partial charge in [0.05, 0.1) is 12.3 Å². The number of benzene rings is 1. The van der Waals surface area contributed by atoms with E-state index in [1.165, 1.54) is 17.0 Å². The number of nitrogens with zero attached hydrogens (tertiary/aromatic N) is 1. The molecule has 0 saturated carbocycles. The third-order valence-electron chi connectivity index (χ3n) is 3.69. The number of ether oxygens (including phenoxy) is 1. The minimum atomic E-state index is -0.967.